The largest absolute Gasteiger partial charge is 0.477 e. The highest BCUT2D eigenvalue weighted by atomic mass is 32.1. The highest BCUT2D eigenvalue weighted by Gasteiger charge is 2.54. The topological polar surface area (TPSA) is 114 Å². The summed E-state index contributed by atoms with van der Waals surface area (Å²) < 4.78 is 14.8. The number of piperidine rings is 1. The molecule has 8 nitrogen and oxygen atoms in total. The summed E-state index contributed by atoms with van der Waals surface area (Å²) in [7, 11) is 0. The first-order chi connectivity index (χ1) is 16.8. The zero-order chi connectivity index (χ0) is 24.9. The first-order valence-corrected chi connectivity index (χ1v) is 12.9. The van der Waals surface area contributed by atoms with Crippen molar-refractivity contribution in [3.8, 4) is 10.4 Å². The number of benzene rings is 1. The maximum atomic E-state index is 13.2. The molecular formula is C24H24FN5O3S2. The number of carboxylic acid groups (broad SMARTS) is 1. The Labute approximate surface area is 208 Å². The number of hydrogen-bond donors (Lipinski definition) is 2. The number of aryl methyl sites for hydroxylation is 2. The quantitative estimate of drug-likeness (QED) is 0.422. The van der Waals surface area contributed by atoms with Crippen LogP contribution in [0.4, 0.5) is 4.39 Å². The van der Waals surface area contributed by atoms with Gasteiger partial charge in [-0.05, 0) is 50.3 Å². The van der Waals surface area contributed by atoms with Gasteiger partial charge in [-0.2, -0.15) is 0 Å². The normalized spacial score (nSPS) is 20.5. The third kappa shape index (κ3) is 4.35. The lowest BCUT2D eigenvalue weighted by molar-refractivity contribution is 0.0683. The number of hydrogen-bond acceptors (Lipinski definition) is 7. The summed E-state index contributed by atoms with van der Waals surface area (Å²) in [5.74, 6) is -0.638. The van der Waals surface area contributed by atoms with Crippen LogP contribution in [0.15, 0.2) is 35.8 Å². The molecule has 1 aliphatic carbocycles. The van der Waals surface area contributed by atoms with Crippen molar-refractivity contribution in [1.29, 1.82) is 0 Å². The van der Waals surface area contributed by atoms with E-state index in [9.17, 15) is 14.0 Å². The highest BCUT2D eigenvalue weighted by molar-refractivity contribution is 7.15. The molecule has 1 saturated heterocycles. The van der Waals surface area contributed by atoms with Crippen molar-refractivity contribution in [2.45, 2.75) is 38.8 Å². The van der Waals surface area contributed by atoms with Gasteiger partial charge in [-0.3, -0.25) is 9.20 Å². The van der Waals surface area contributed by atoms with Gasteiger partial charge < -0.3 is 15.7 Å². The van der Waals surface area contributed by atoms with Crippen molar-refractivity contribution in [3.63, 3.8) is 0 Å². The maximum absolute atomic E-state index is 13.2. The van der Waals surface area contributed by atoms with Crippen molar-refractivity contribution >= 4 is 39.5 Å². The molecule has 182 valence electrons. The number of carboxylic acids is 1. The predicted octanol–water partition coefficient (Wildman–Crippen LogP) is 4.22. The number of halogens is 1. The lowest BCUT2D eigenvalue weighted by Crippen LogP contribution is -2.42. The minimum atomic E-state index is -0.932. The third-order valence-electron chi connectivity index (χ3n) is 6.40. The Hall–Kier alpha value is -3.15. The van der Waals surface area contributed by atoms with Crippen LogP contribution in [0.1, 0.15) is 44.5 Å². The molecule has 3 aromatic heterocycles. The van der Waals surface area contributed by atoms with E-state index in [1.54, 1.807) is 29.7 Å². The first-order valence-electron chi connectivity index (χ1n) is 11.2. The Morgan fingerprint density at radius 1 is 1.20 bits per heavy atom. The molecule has 2 aliphatic rings. The van der Waals surface area contributed by atoms with Gasteiger partial charge in [-0.1, -0.05) is 12.1 Å². The second kappa shape index (κ2) is 9.14. The first kappa shape index (κ1) is 23.6. The number of rotatable bonds is 4. The van der Waals surface area contributed by atoms with E-state index in [4.69, 9.17) is 10.8 Å². The van der Waals surface area contributed by atoms with Crippen LogP contribution in [-0.4, -0.2) is 54.9 Å². The summed E-state index contributed by atoms with van der Waals surface area (Å²) in [5.41, 5.74) is 7.97. The van der Waals surface area contributed by atoms with Gasteiger partial charge in [0.05, 0.1) is 15.6 Å². The van der Waals surface area contributed by atoms with Gasteiger partial charge in [-0.15, -0.1) is 22.7 Å². The molecule has 1 saturated carbocycles. The van der Waals surface area contributed by atoms with E-state index in [1.165, 1.54) is 34.8 Å². The van der Waals surface area contributed by atoms with E-state index in [0.717, 1.165) is 33.3 Å². The number of imidazole rings is 1. The van der Waals surface area contributed by atoms with E-state index >= 15 is 0 Å². The Kier molecular flexibility index (Phi) is 6.16. The van der Waals surface area contributed by atoms with Gasteiger partial charge in [0.25, 0.3) is 5.91 Å². The molecule has 11 heteroatoms. The minimum Gasteiger partial charge on any atom is -0.477 e. The molecule has 1 amide bonds. The van der Waals surface area contributed by atoms with E-state index in [1.807, 2.05) is 17.2 Å². The second-order valence-corrected chi connectivity index (χ2v) is 10.8. The summed E-state index contributed by atoms with van der Waals surface area (Å²) in [4.78, 5) is 35.8. The fourth-order valence-corrected chi connectivity index (χ4v) is 6.40. The molecule has 2 fully saturated rings. The van der Waals surface area contributed by atoms with Gasteiger partial charge in [0.2, 0.25) is 0 Å². The van der Waals surface area contributed by atoms with Crippen molar-refractivity contribution in [1.82, 2.24) is 19.3 Å². The monoisotopic (exact) mass is 513 g/mol. The Bertz CT molecular complexity index is 1410. The van der Waals surface area contributed by atoms with Gasteiger partial charge in [0.15, 0.2) is 10.7 Å². The van der Waals surface area contributed by atoms with Crippen LogP contribution in [0.2, 0.25) is 0 Å². The summed E-state index contributed by atoms with van der Waals surface area (Å²) in [6, 6.07) is 6.67. The van der Waals surface area contributed by atoms with Crippen molar-refractivity contribution in [3.05, 3.63) is 63.7 Å². The zero-order valence-corrected chi connectivity index (χ0v) is 20.8. The minimum absolute atomic E-state index is 0.0332. The van der Waals surface area contributed by atoms with E-state index in [0.29, 0.717) is 29.9 Å². The van der Waals surface area contributed by atoms with Crippen molar-refractivity contribution in [2.24, 2.45) is 11.7 Å². The summed E-state index contributed by atoms with van der Waals surface area (Å²) in [6.07, 6.45) is 3.79. The molecule has 4 heterocycles. The van der Waals surface area contributed by atoms with Crippen molar-refractivity contribution < 1.29 is 19.1 Å². The smallest absolute Gasteiger partial charge is 0.354 e. The summed E-state index contributed by atoms with van der Waals surface area (Å²) in [6.45, 7) is 4.08. The predicted molar refractivity (Wildman–Crippen MR) is 133 cm³/mol. The summed E-state index contributed by atoms with van der Waals surface area (Å²) >= 11 is 2.90. The van der Waals surface area contributed by atoms with Gasteiger partial charge in [-0.25, -0.2) is 19.2 Å². The van der Waals surface area contributed by atoms with Crippen LogP contribution in [0.3, 0.4) is 0 Å². The number of nitrogens with zero attached hydrogens (tertiary/aromatic N) is 4. The molecule has 0 unspecified atom stereocenters. The molecule has 4 aromatic rings. The van der Waals surface area contributed by atoms with Crippen LogP contribution in [0, 0.1) is 25.6 Å². The van der Waals surface area contributed by atoms with Gasteiger partial charge in [0.1, 0.15) is 11.5 Å². The third-order valence-corrected chi connectivity index (χ3v) is 8.18. The van der Waals surface area contributed by atoms with Crippen LogP contribution < -0.4 is 5.73 Å². The Morgan fingerprint density at radius 3 is 2.63 bits per heavy atom. The fraction of sp³-hybridized carbons (Fsp3) is 0.333. The lowest BCUT2D eigenvalue weighted by Gasteiger charge is -2.26. The molecular weight excluding hydrogens is 489 g/mol. The number of aromatic nitrogens is 3. The Balaban J connectivity index is 0.000000178. The number of likely N-dealkylation sites (tertiary alicyclic amines) is 1. The number of carbonyl (C=O) groups excluding carboxylic acids is 1. The number of amides is 1. The SMILES string of the molecule is Cc1nc(C(=O)N2[C@H](CN)C[C@@H]3C[C@@H]32)c(-c2ccc(F)cc2)s1.Cc1nc2sccn2c1C(=O)O. The molecule has 1 aliphatic heterocycles. The zero-order valence-electron chi connectivity index (χ0n) is 19.1. The lowest BCUT2D eigenvalue weighted by atomic mass is 10.1. The molecule has 0 radical (unpaired) electrons. The molecule has 35 heavy (non-hydrogen) atoms. The van der Waals surface area contributed by atoms with Gasteiger partial charge >= 0.3 is 5.97 Å². The molecule has 0 bridgehead atoms. The van der Waals surface area contributed by atoms with E-state index in [-0.39, 0.29) is 23.5 Å². The number of fused-ring (bicyclic) bond motifs is 2. The second-order valence-electron chi connectivity index (χ2n) is 8.72. The van der Waals surface area contributed by atoms with Crippen LogP contribution >= 0.6 is 22.7 Å². The van der Waals surface area contributed by atoms with Crippen molar-refractivity contribution in [2.75, 3.05) is 6.54 Å². The molecule has 6 rings (SSSR count). The number of aromatic carboxylic acids is 1. The number of nitrogens with two attached hydrogens (primary N) is 1. The average Bonchev–Trinajstić information content (AvgIpc) is 3.18. The highest BCUT2D eigenvalue weighted by Crippen LogP contribution is 2.48. The van der Waals surface area contributed by atoms with Crippen LogP contribution in [-0.2, 0) is 0 Å². The standard InChI is InChI=1S/C17H18FN3OS.C7H6N2O2S/c1-9-20-15(16(23-9)10-2-4-12(18)5-3-10)17(22)21-13(8-19)6-11-7-14(11)21;1-4-5(6(10)11)9-2-3-12-7(9)8-4/h2-5,11,13-14H,6-8,19H2,1H3;2-3H,1H3,(H,10,11)/t11-,13+,14+;/m1./s1. The fourth-order valence-electron chi connectivity index (χ4n) is 4.73. The molecule has 3 atom stereocenters. The van der Waals surface area contributed by atoms with E-state index < -0.39 is 5.97 Å². The van der Waals surface area contributed by atoms with E-state index in [2.05, 4.69) is 9.97 Å². The molecule has 1 aromatic carbocycles. The number of carbonyl (C=O) groups is 2. The average molecular weight is 514 g/mol. The maximum Gasteiger partial charge on any atom is 0.354 e. The molecule has 3 N–H and O–H groups in total. The van der Waals surface area contributed by atoms with Crippen LogP contribution in [0.25, 0.3) is 15.4 Å². The van der Waals surface area contributed by atoms with Crippen LogP contribution in [0.5, 0.6) is 0 Å². The Morgan fingerprint density at radius 2 is 1.94 bits per heavy atom. The number of thiazole rings is 2. The van der Waals surface area contributed by atoms with Gasteiger partial charge in [0, 0.05) is 30.2 Å². The summed E-state index contributed by atoms with van der Waals surface area (Å²) in [5, 5.41) is 11.5. The molecule has 0 spiro atoms.